The molecule has 116 valence electrons. The van der Waals surface area contributed by atoms with Gasteiger partial charge in [0.25, 0.3) is 0 Å². The Morgan fingerprint density at radius 2 is 1.81 bits per heavy atom. The molecule has 0 aromatic carbocycles. The quantitative estimate of drug-likeness (QED) is 0.555. The van der Waals surface area contributed by atoms with Crippen LogP contribution in [0.15, 0.2) is 24.4 Å². The van der Waals surface area contributed by atoms with Crippen molar-refractivity contribution >= 4 is 21.6 Å². The van der Waals surface area contributed by atoms with Crippen LogP contribution in [-0.4, -0.2) is 26.6 Å². The topological polar surface area (TPSA) is 22.1 Å². The monoisotopic (exact) mass is 365 g/mol. The van der Waals surface area contributed by atoms with Crippen LogP contribution in [0, 0.1) is 10.7 Å². The van der Waals surface area contributed by atoms with E-state index in [-0.39, 0.29) is 11.1 Å². The Morgan fingerprint density at radius 3 is 2.24 bits per heavy atom. The molecule has 0 N–H and O–H groups in total. The fourth-order valence-corrected chi connectivity index (χ4v) is 3.75. The van der Waals surface area contributed by atoms with Crippen LogP contribution in [0.1, 0.15) is 32.6 Å². The molecule has 1 aromatic rings. The van der Waals surface area contributed by atoms with Crippen molar-refractivity contribution in [3.63, 3.8) is 0 Å². The predicted octanol–water partition coefficient (Wildman–Crippen LogP) is 5.03. The molecule has 1 atom stereocenters. The van der Waals surface area contributed by atoms with E-state index < -0.39 is 21.6 Å². The van der Waals surface area contributed by atoms with Crippen molar-refractivity contribution in [2.75, 3.05) is 0 Å². The predicted molar refractivity (Wildman–Crippen MR) is 96.4 cm³/mol. The van der Waals surface area contributed by atoms with Gasteiger partial charge in [0.2, 0.25) is 0 Å². The van der Waals surface area contributed by atoms with Crippen molar-refractivity contribution in [1.29, 1.82) is 0 Å². The molecular weight excluding hydrogens is 335 g/mol. The molecule has 0 fully saturated rings. The number of aromatic nitrogens is 1. The molecule has 2 nitrogen and oxygen atoms in total. The Morgan fingerprint density at radius 1 is 1.19 bits per heavy atom. The van der Waals surface area contributed by atoms with Gasteiger partial charge in [0.05, 0.1) is 0 Å². The molecule has 0 saturated carbocycles. The van der Waals surface area contributed by atoms with Gasteiger partial charge in [0.1, 0.15) is 0 Å². The van der Waals surface area contributed by atoms with Crippen molar-refractivity contribution < 1.29 is 4.43 Å². The Labute approximate surface area is 134 Å². The van der Waals surface area contributed by atoms with E-state index in [1.54, 1.807) is 0 Å². The van der Waals surface area contributed by atoms with Crippen LogP contribution >= 0.6 is 0 Å². The van der Waals surface area contributed by atoms with Crippen LogP contribution in [0.2, 0.25) is 35.4 Å². The molecule has 21 heavy (non-hydrogen) atoms. The van der Waals surface area contributed by atoms with Crippen LogP contribution < -0.4 is 0 Å². The summed E-state index contributed by atoms with van der Waals surface area (Å²) in [6.07, 6.45) is 1.62. The minimum atomic E-state index is -1.91. The average Bonchev–Trinajstić information content (AvgIpc) is 2.33. The third kappa shape index (κ3) is 5.98. The van der Waals surface area contributed by atoms with Gasteiger partial charge in [-0.05, 0) is 0 Å². The van der Waals surface area contributed by atoms with E-state index in [4.69, 9.17) is 4.43 Å². The second-order valence-corrected chi connectivity index (χ2v) is 22.8. The van der Waals surface area contributed by atoms with Gasteiger partial charge in [-0.3, -0.25) is 0 Å². The number of pyridine rings is 1. The fraction of sp³-hybridized carbons (Fsp3) is 0.588. The Kier molecular flexibility index (Phi) is 5.88. The first-order chi connectivity index (χ1) is 9.42. The average molecular weight is 364 g/mol. The van der Waals surface area contributed by atoms with Crippen molar-refractivity contribution in [3.05, 3.63) is 30.1 Å². The van der Waals surface area contributed by atoms with Gasteiger partial charge < -0.3 is 0 Å². The summed E-state index contributed by atoms with van der Waals surface area (Å²) in [6.45, 7) is 11.3. The summed E-state index contributed by atoms with van der Waals surface area (Å²) in [5.74, 6) is 10.3. The Bertz CT molecular complexity index is 518. The molecule has 0 amide bonds. The van der Waals surface area contributed by atoms with E-state index in [1.165, 1.54) is 0 Å². The van der Waals surface area contributed by atoms with Gasteiger partial charge >= 0.3 is 134 Å². The summed E-state index contributed by atoms with van der Waals surface area (Å²) < 4.78 is 10.0. The molecule has 0 aliphatic rings. The SMILES string of the molecule is CC(C)(C)[Si](C)(C)OC(C#[C][Ge]([CH3])([CH3])[CH3])c1ccccn1. The van der Waals surface area contributed by atoms with Gasteiger partial charge in [-0.25, -0.2) is 0 Å². The zero-order valence-corrected chi connectivity index (χ0v) is 17.8. The second kappa shape index (κ2) is 6.68. The standard InChI is InChI=1S/C17H29GeNOSi/c1-17(2,3)21(7,8)20-16(12-13-18(4,5)6)15-11-9-10-14-19-15/h9-11,14,16H,1-8H3. The van der Waals surface area contributed by atoms with E-state index in [0.29, 0.717) is 0 Å². The van der Waals surface area contributed by atoms with Gasteiger partial charge in [-0.15, -0.1) is 0 Å². The summed E-state index contributed by atoms with van der Waals surface area (Å²) in [4.78, 5) is 4.46. The fourth-order valence-electron chi connectivity index (χ4n) is 1.45. The molecule has 0 spiro atoms. The molecule has 4 heteroatoms. The minimum absolute atomic E-state index is 0.171. The van der Waals surface area contributed by atoms with Gasteiger partial charge in [0.15, 0.2) is 0 Å². The van der Waals surface area contributed by atoms with E-state index in [0.717, 1.165) is 5.69 Å². The van der Waals surface area contributed by atoms with E-state index in [1.807, 2.05) is 24.4 Å². The molecule has 1 rings (SSSR count). The molecule has 0 aliphatic heterocycles. The van der Waals surface area contributed by atoms with Crippen LogP contribution in [0.5, 0.6) is 0 Å². The van der Waals surface area contributed by atoms with Crippen LogP contribution in [0.4, 0.5) is 0 Å². The Hall–Kier alpha value is -0.570. The number of hydrogen-bond acceptors (Lipinski definition) is 2. The molecule has 0 aliphatic carbocycles. The first-order valence-corrected chi connectivity index (χ1v) is 17.8. The van der Waals surface area contributed by atoms with Crippen LogP contribution in [0.3, 0.4) is 0 Å². The summed E-state index contributed by atoms with van der Waals surface area (Å²) in [6, 6.07) is 5.95. The maximum atomic E-state index is 6.52. The van der Waals surface area contributed by atoms with Crippen LogP contribution in [0.25, 0.3) is 0 Å². The maximum absolute atomic E-state index is 6.52. The summed E-state index contributed by atoms with van der Waals surface area (Å²) in [7, 11) is -1.87. The summed E-state index contributed by atoms with van der Waals surface area (Å²) in [5, 5.41) is 0.171. The molecule has 0 bridgehead atoms. The van der Waals surface area contributed by atoms with E-state index >= 15 is 0 Å². The molecule has 1 aromatic heterocycles. The molecule has 1 heterocycles. The Balaban J connectivity index is 3.12. The van der Waals surface area contributed by atoms with Crippen molar-refractivity contribution in [2.24, 2.45) is 0 Å². The zero-order valence-electron chi connectivity index (χ0n) is 14.7. The normalized spacial score (nSPS) is 14.3. The van der Waals surface area contributed by atoms with E-state index in [2.05, 4.69) is 66.8 Å². The number of nitrogens with zero attached hydrogens (tertiary/aromatic N) is 1. The van der Waals surface area contributed by atoms with Crippen molar-refractivity contribution in [2.45, 2.75) is 62.3 Å². The first-order valence-electron chi connectivity index (χ1n) is 7.54. The first kappa shape index (κ1) is 18.5. The van der Waals surface area contributed by atoms with Crippen molar-refractivity contribution in [1.82, 2.24) is 4.98 Å². The number of rotatable bonds is 3. The van der Waals surface area contributed by atoms with Crippen molar-refractivity contribution in [3.8, 4) is 10.7 Å². The third-order valence-corrected chi connectivity index (χ3v) is 10.1. The zero-order chi connectivity index (χ0) is 16.3. The molecule has 1 unspecified atom stereocenters. The van der Waals surface area contributed by atoms with Gasteiger partial charge in [0, 0.05) is 0 Å². The summed E-state index contributed by atoms with van der Waals surface area (Å²) >= 11 is -1.91. The summed E-state index contributed by atoms with van der Waals surface area (Å²) in [5.41, 5.74) is 0.932. The van der Waals surface area contributed by atoms with Gasteiger partial charge in [-0.2, -0.15) is 0 Å². The molecular formula is C17H29GeNOSi. The van der Waals surface area contributed by atoms with Crippen LogP contribution in [-0.2, 0) is 4.43 Å². The molecule has 0 radical (unpaired) electrons. The van der Waals surface area contributed by atoms with Gasteiger partial charge in [-0.1, -0.05) is 0 Å². The van der Waals surface area contributed by atoms with E-state index in [9.17, 15) is 0 Å². The number of hydrogen-bond donors (Lipinski definition) is 0. The second-order valence-electron chi connectivity index (χ2n) is 8.03. The molecule has 0 saturated heterocycles. The third-order valence-electron chi connectivity index (χ3n) is 3.75.